The van der Waals surface area contributed by atoms with E-state index in [2.05, 4.69) is 120 Å². The fourth-order valence-corrected chi connectivity index (χ4v) is 12.8. The first-order valence-electron chi connectivity index (χ1n) is 27.2. The third-order valence-electron chi connectivity index (χ3n) is 15.5. The number of aliphatic hydroxyl groups excluding tert-OH is 1. The molecule has 5 heterocycles. The van der Waals surface area contributed by atoms with Crippen LogP contribution >= 0.6 is 58.4 Å². The van der Waals surface area contributed by atoms with Crippen molar-refractivity contribution in [2.24, 2.45) is 10.7 Å². The fraction of sp³-hybridized carbons (Fsp3) is 0.410. The zero-order valence-electron chi connectivity index (χ0n) is 47.1. The number of aliphatic hydroxyl groups is 1. The van der Waals surface area contributed by atoms with Crippen LogP contribution in [0.5, 0.6) is 0 Å². The third-order valence-corrected chi connectivity index (χ3v) is 18.0. The molecule has 79 heavy (non-hydrogen) atoms. The average molecular weight is 1240 g/mol. The summed E-state index contributed by atoms with van der Waals surface area (Å²) in [4.78, 5) is 34.3. The monoisotopic (exact) mass is 1240 g/mol. The van der Waals surface area contributed by atoms with Gasteiger partial charge in [0.2, 0.25) is 0 Å². The van der Waals surface area contributed by atoms with E-state index in [-0.39, 0.29) is 41.2 Å². The second-order valence-electron chi connectivity index (χ2n) is 21.1. The number of non-ortho nitro benzene ring substituents is 1. The predicted octanol–water partition coefficient (Wildman–Crippen LogP) is 14.8. The molecule has 18 heteroatoms. The number of benzene rings is 3. The highest BCUT2D eigenvalue weighted by Gasteiger charge is 2.27. The number of hydrogen-bond acceptors (Lipinski definition) is 12. The molecule has 0 saturated heterocycles. The molecule has 3 aromatic carbocycles. The number of nitrogens with zero attached hydrogens (tertiary/aromatic N) is 5. The molecule has 0 spiro atoms. The third kappa shape index (κ3) is 16.9. The van der Waals surface area contributed by atoms with Crippen molar-refractivity contribution in [1.29, 1.82) is 5.41 Å². The number of nitro groups is 1. The Hall–Kier alpha value is -5.32. The summed E-state index contributed by atoms with van der Waals surface area (Å²) in [6, 6.07) is 27.5. The number of aromatic amines is 3. The van der Waals surface area contributed by atoms with Gasteiger partial charge in [-0.15, -0.1) is 58.4 Å². The first-order valence-corrected chi connectivity index (χ1v) is 30.1. The Kier molecular flexibility index (Phi) is 24.3. The molecule has 9 N–H and O–H groups in total. The van der Waals surface area contributed by atoms with E-state index in [1.54, 1.807) is 47.8 Å². The summed E-state index contributed by atoms with van der Waals surface area (Å²) < 4.78 is 0. The lowest BCUT2D eigenvalue weighted by atomic mass is 9.81. The summed E-state index contributed by atoms with van der Waals surface area (Å²) in [5, 5.41) is 34.1. The first-order chi connectivity index (χ1) is 37.6. The van der Waals surface area contributed by atoms with Gasteiger partial charge in [-0.25, -0.2) is 4.99 Å². The minimum atomic E-state index is -0.340. The molecule has 1 atom stereocenters. The second kappa shape index (κ2) is 30.5. The van der Waals surface area contributed by atoms with Gasteiger partial charge in [-0.1, -0.05) is 18.2 Å². The smallest absolute Gasteiger partial charge is 0.270 e. The standard InChI is InChI=1S/C21H26N4S.C16H19N3O2.C16H23N3.C6H7NS2.C2H6O.HI/c1-25(2)16-8-5-14(6-9-16)18-13-23-19-10-7-15(12-17(18)19)24-21(22)20-4-3-11-26-20;1-18(2)12-5-3-11(4-6-12)15-10-17-16-8-7-13(19(20)21)9-14(15)16;1-19(2)13-6-3-11(4-7-13)15-10-18-16-8-5-12(17)9-14(15)16;1-8-6(7)5-3-2-4-9-5;1-2-3;/h3-4,7,10-14,16,23H,5-6,8-9H2,1-2H3,(H2,22,24);3,7-10,12,17H,4-6H2,1-2H3;5,8-11,13,18H,3-4,6-7,17H2,1-2H3;2-4,7H,1H3;3H,2H2,1H3;1H. The van der Waals surface area contributed by atoms with Crippen LogP contribution in [0.15, 0.2) is 119 Å². The van der Waals surface area contributed by atoms with E-state index in [0.717, 1.165) is 68.9 Å². The van der Waals surface area contributed by atoms with Gasteiger partial charge in [-0.05, 0) is 220 Å². The number of allylic oxidation sites excluding steroid dienone is 1. The van der Waals surface area contributed by atoms with Crippen molar-refractivity contribution in [3.63, 3.8) is 0 Å². The Bertz CT molecular complexity index is 3220. The van der Waals surface area contributed by atoms with Crippen molar-refractivity contribution in [3.05, 3.63) is 151 Å². The number of anilines is 1. The van der Waals surface area contributed by atoms with Crippen molar-refractivity contribution in [1.82, 2.24) is 29.7 Å². The maximum absolute atomic E-state index is 10.9. The van der Waals surface area contributed by atoms with E-state index in [1.165, 1.54) is 102 Å². The molecule has 8 aromatic rings. The van der Waals surface area contributed by atoms with Gasteiger partial charge < -0.3 is 46.2 Å². The van der Waals surface area contributed by atoms with Gasteiger partial charge in [-0.3, -0.25) is 15.5 Å². The van der Waals surface area contributed by atoms with Crippen molar-refractivity contribution < 1.29 is 10.0 Å². The van der Waals surface area contributed by atoms with Gasteiger partial charge >= 0.3 is 0 Å². The lowest BCUT2D eigenvalue weighted by Gasteiger charge is -2.32. The number of H-pyrrole nitrogens is 3. The molecule has 424 valence electrons. The molecule has 0 bridgehead atoms. The summed E-state index contributed by atoms with van der Waals surface area (Å²) in [6.45, 7) is 1.93. The van der Waals surface area contributed by atoms with Crippen LogP contribution in [0.4, 0.5) is 17.1 Å². The molecule has 0 radical (unpaired) electrons. The van der Waals surface area contributed by atoms with Crippen LogP contribution in [0.3, 0.4) is 0 Å². The van der Waals surface area contributed by atoms with Gasteiger partial charge in [0, 0.05) is 99.4 Å². The lowest BCUT2D eigenvalue weighted by Crippen LogP contribution is -2.31. The molecular weight excluding hydrogens is 1160 g/mol. The highest BCUT2D eigenvalue weighted by molar-refractivity contribution is 14.0. The minimum absolute atomic E-state index is 0. The van der Waals surface area contributed by atoms with Crippen LogP contribution < -0.4 is 11.5 Å². The Balaban J connectivity index is 0.000000174. The van der Waals surface area contributed by atoms with Crippen LogP contribution in [0.2, 0.25) is 0 Å². The SMILES string of the molecule is CCO.CN(C)C1CC=C(c2c[nH]c3ccc([N+](=O)[O-])cc23)CC1.CN(C)C1CCC(c2c[nH]c3ccc(N)cc23)CC1.CN(C)C1CCC(c2c[nH]c3ccc(N=C(N)c4cccs4)cc23)CC1.CSC(=N)c1cccs1.I. The number of hydrogen-bond donors (Lipinski definition) is 7. The number of thiophene rings is 2. The minimum Gasteiger partial charge on any atom is -0.399 e. The van der Waals surface area contributed by atoms with Crippen LogP contribution in [-0.2, 0) is 0 Å². The number of rotatable bonds is 10. The lowest BCUT2D eigenvalue weighted by molar-refractivity contribution is -0.384. The first kappa shape index (κ1) is 62.9. The number of nitro benzene ring substituents is 1. The molecule has 11 rings (SSSR count). The molecule has 2 saturated carbocycles. The zero-order chi connectivity index (χ0) is 55.9. The molecule has 3 aliphatic carbocycles. The van der Waals surface area contributed by atoms with Gasteiger partial charge in [0.25, 0.3) is 5.69 Å². The Morgan fingerprint density at radius 3 is 1.72 bits per heavy atom. The largest absolute Gasteiger partial charge is 0.399 e. The number of nitrogen functional groups attached to an aromatic ring is 1. The molecular formula is C61H82IN11O3S3. The van der Waals surface area contributed by atoms with Crippen LogP contribution in [0.1, 0.15) is 116 Å². The Labute approximate surface area is 496 Å². The molecule has 14 nitrogen and oxygen atoms in total. The fourth-order valence-electron chi connectivity index (χ4n) is 11.0. The van der Waals surface area contributed by atoms with Gasteiger partial charge in [-0.2, -0.15) is 0 Å². The van der Waals surface area contributed by atoms with E-state index in [9.17, 15) is 10.1 Å². The van der Waals surface area contributed by atoms with Gasteiger partial charge in [0.15, 0.2) is 0 Å². The summed E-state index contributed by atoms with van der Waals surface area (Å²) in [6.07, 6.45) is 23.9. The van der Waals surface area contributed by atoms with Crippen molar-refractivity contribution in [2.45, 2.75) is 108 Å². The molecule has 3 aliphatic rings. The number of aliphatic imine (C=N–C) groups is 1. The number of thioether (sulfide) groups is 1. The van der Waals surface area contributed by atoms with E-state index in [4.69, 9.17) is 22.0 Å². The number of aromatic nitrogens is 3. The number of nitrogens with two attached hydrogens (primary N) is 2. The molecule has 0 aliphatic heterocycles. The van der Waals surface area contributed by atoms with Crippen molar-refractivity contribution in [2.75, 3.05) is 60.9 Å². The highest BCUT2D eigenvalue weighted by Crippen LogP contribution is 2.40. The van der Waals surface area contributed by atoms with Crippen molar-refractivity contribution in [3.8, 4) is 0 Å². The topological polar surface area (TPSA) is 209 Å². The number of nitrogens with one attached hydrogen (secondary N) is 4. The maximum atomic E-state index is 10.9. The summed E-state index contributed by atoms with van der Waals surface area (Å²) in [7, 11) is 13.0. The molecule has 5 aromatic heterocycles. The summed E-state index contributed by atoms with van der Waals surface area (Å²) >= 11 is 4.70. The van der Waals surface area contributed by atoms with Crippen LogP contribution in [0.25, 0.3) is 38.3 Å². The number of fused-ring (bicyclic) bond motifs is 3. The van der Waals surface area contributed by atoms with E-state index < -0.39 is 0 Å². The summed E-state index contributed by atoms with van der Waals surface area (Å²) in [5.74, 6) is 1.91. The normalized spacial score (nSPS) is 19.3. The molecule has 2 fully saturated rings. The van der Waals surface area contributed by atoms with E-state index in [1.807, 2.05) is 59.6 Å². The highest BCUT2D eigenvalue weighted by atomic mass is 127. The van der Waals surface area contributed by atoms with E-state index >= 15 is 0 Å². The quantitative estimate of drug-likeness (QED) is 0.0173. The average Bonchev–Trinajstić information content (AvgIpc) is 4.44. The maximum Gasteiger partial charge on any atom is 0.270 e. The molecule has 1 unspecified atom stereocenters. The van der Waals surface area contributed by atoms with Crippen LogP contribution in [-0.4, -0.2) is 124 Å². The number of halogens is 1. The van der Waals surface area contributed by atoms with Crippen molar-refractivity contribution >= 4 is 125 Å². The van der Waals surface area contributed by atoms with Gasteiger partial charge in [0.1, 0.15) is 10.9 Å². The summed E-state index contributed by atoms with van der Waals surface area (Å²) in [5.41, 5.74) is 22.6. The van der Waals surface area contributed by atoms with Gasteiger partial charge in [0.05, 0.1) is 20.4 Å². The number of amidine groups is 1. The Morgan fingerprint density at radius 2 is 1.23 bits per heavy atom. The van der Waals surface area contributed by atoms with E-state index in [0.29, 0.717) is 28.8 Å². The predicted molar refractivity (Wildman–Crippen MR) is 350 cm³/mol. The second-order valence-corrected chi connectivity index (χ2v) is 23.8. The molecule has 0 amide bonds. The van der Waals surface area contributed by atoms with Crippen LogP contribution in [0, 0.1) is 15.5 Å². The zero-order valence-corrected chi connectivity index (χ0v) is 51.9. The Morgan fingerprint density at radius 1 is 0.722 bits per heavy atom.